The minimum Gasteiger partial charge on any atom is -0.455 e. The average molecular weight is 661 g/mol. The number of sulfonamides is 1. The van der Waals surface area contributed by atoms with Gasteiger partial charge in [0.25, 0.3) is 15.9 Å². The number of para-hydroxylation sites is 3. The van der Waals surface area contributed by atoms with E-state index in [1.807, 2.05) is 0 Å². The predicted molar refractivity (Wildman–Crippen MR) is 160 cm³/mol. The summed E-state index contributed by atoms with van der Waals surface area (Å²) in [7, 11) is -4.52. The number of carbonyl (C=O) groups is 3. The average Bonchev–Trinajstić information content (AvgIpc) is 3.81. The van der Waals surface area contributed by atoms with E-state index in [2.05, 4.69) is 25.4 Å². The Labute approximate surface area is 262 Å². The Hall–Kier alpha value is -4.63. The summed E-state index contributed by atoms with van der Waals surface area (Å²) in [5.74, 6) is -4.26. The van der Waals surface area contributed by atoms with Crippen molar-refractivity contribution in [1.82, 2.24) is 16.0 Å². The fourth-order valence-electron chi connectivity index (χ4n) is 4.87. The van der Waals surface area contributed by atoms with Crippen LogP contribution >= 0.6 is 0 Å². The first-order chi connectivity index (χ1) is 21.9. The van der Waals surface area contributed by atoms with Gasteiger partial charge in [0.05, 0.1) is 16.1 Å². The van der Waals surface area contributed by atoms with Crippen LogP contribution in [0.5, 0.6) is 17.2 Å². The number of nitrogens with one attached hydrogen (secondary N) is 4. The second kappa shape index (κ2) is 13.4. The number of carbonyl (C=O) groups excluding carboxylic acids is 3. The first kappa shape index (κ1) is 32.8. The zero-order valence-electron chi connectivity index (χ0n) is 24.4. The molecule has 0 bridgehead atoms. The van der Waals surface area contributed by atoms with Crippen LogP contribution in [0.25, 0.3) is 0 Å². The second-order valence-corrected chi connectivity index (χ2v) is 12.7. The number of rotatable bonds is 11. The van der Waals surface area contributed by atoms with Crippen LogP contribution in [0.2, 0.25) is 0 Å². The number of hydrogen-bond acceptors (Lipinski definition) is 8. The van der Waals surface area contributed by atoms with Crippen molar-refractivity contribution >= 4 is 33.5 Å². The van der Waals surface area contributed by atoms with Gasteiger partial charge >= 0.3 is 12.1 Å². The first-order valence-corrected chi connectivity index (χ1v) is 15.9. The zero-order chi connectivity index (χ0) is 33.0. The number of alkyl halides is 3. The van der Waals surface area contributed by atoms with Gasteiger partial charge in [0.1, 0.15) is 17.0 Å². The molecular formula is C31H31F3N4O7S. The van der Waals surface area contributed by atoms with Gasteiger partial charge in [-0.25, -0.2) is 13.2 Å². The SMILES string of the molecule is O=C(NC1(C(=O)NCC2CCNCC2)CC1)c1ccc(S(=O)(=O)Nc2ccccc2Oc2ccccc2)cc1OC(=O)C(F)(F)F. The van der Waals surface area contributed by atoms with Crippen LogP contribution in [0.3, 0.4) is 0 Å². The molecule has 2 aliphatic rings. The van der Waals surface area contributed by atoms with Gasteiger partial charge in [-0.3, -0.25) is 14.3 Å². The van der Waals surface area contributed by atoms with E-state index < -0.39 is 55.7 Å². The molecule has 0 atom stereocenters. The summed E-state index contributed by atoms with van der Waals surface area (Å²) < 4.78 is 78.8. The largest absolute Gasteiger partial charge is 0.491 e. The highest BCUT2D eigenvalue weighted by Gasteiger charge is 2.51. The molecule has 46 heavy (non-hydrogen) atoms. The molecular weight excluding hydrogens is 629 g/mol. The van der Waals surface area contributed by atoms with E-state index in [1.165, 1.54) is 18.2 Å². The lowest BCUT2D eigenvalue weighted by atomic mass is 9.98. The van der Waals surface area contributed by atoms with Gasteiger partial charge in [-0.05, 0) is 81.1 Å². The summed E-state index contributed by atoms with van der Waals surface area (Å²) in [6.45, 7) is 2.07. The van der Waals surface area contributed by atoms with E-state index in [9.17, 15) is 36.0 Å². The fourth-order valence-corrected chi connectivity index (χ4v) is 5.95. The van der Waals surface area contributed by atoms with Crippen molar-refractivity contribution < 1.29 is 45.4 Å². The van der Waals surface area contributed by atoms with Crippen molar-refractivity contribution in [2.75, 3.05) is 24.4 Å². The van der Waals surface area contributed by atoms with Gasteiger partial charge in [-0.1, -0.05) is 30.3 Å². The highest BCUT2D eigenvalue weighted by Crippen LogP contribution is 2.37. The fraction of sp³-hybridized carbons (Fsp3) is 0.323. The molecule has 3 aromatic rings. The van der Waals surface area contributed by atoms with Crippen LogP contribution in [0.4, 0.5) is 18.9 Å². The summed E-state index contributed by atoms with van der Waals surface area (Å²) >= 11 is 0. The molecule has 0 unspecified atom stereocenters. The number of benzene rings is 3. The molecule has 15 heteroatoms. The van der Waals surface area contributed by atoms with Crippen molar-refractivity contribution in [3.8, 4) is 17.2 Å². The van der Waals surface area contributed by atoms with Gasteiger partial charge in [0, 0.05) is 12.6 Å². The Morgan fingerprint density at radius 1 is 0.913 bits per heavy atom. The van der Waals surface area contributed by atoms with Crippen LogP contribution in [-0.2, 0) is 19.6 Å². The number of hydrogen-bond donors (Lipinski definition) is 4. The lowest BCUT2D eigenvalue weighted by Gasteiger charge is -2.24. The molecule has 1 heterocycles. The molecule has 5 rings (SSSR count). The normalized spacial score (nSPS) is 16.2. The molecule has 244 valence electrons. The standard InChI is InChI=1S/C31H31F3N4O7S/c32-31(33,34)29(41)45-26-18-22(46(42,43)38-24-8-4-5-9-25(24)44-21-6-2-1-3-7-21)10-11-23(26)27(39)37-30(14-15-30)28(40)36-19-20-12-16-35-17-13-20/h1-11,18,20,35,38H,12-17,19H2,(H,36,40)(H,37,39). The Balaban J connectivity index is 1.37. The van der Waals surface area contributed by atoms with Gasteiger partial charge in [0.15, 0.2) is 5.75 Å². The molecule has 0 radical (unpaired) electrons. The Kier molecular flexibility index (Phi) is 9.53. The van der Waals surface area contributed by atoms with Crippen molar-refractivity contribution in [1.29, 1.82) is 0 Å². The number of ether oxygens (including phenoxy) is 2. The number of anilines is 1. The Morgan fingerprint density at radius 2 is 1.59 bits per heavy atom. The molecule has 0 spiro atoms. The topological polar surface area (TPSA) is 152 Å². The van der Waals surface area contributed by atoms with E-state index in [0.29, 0.717) is 18.4 Å². The number of esters is 1. The van der Waals surface area contributed by atoms with Crippen molar-refractivity contribution in [2.45, 2.75) is 42.3 Å². The van der Waals surface area contributed by atoms with E-state index >= 15 is 0 Å². The molecule has 2 amide bonds. The summed E-state index contributed by atoms with van der Waals surface area (Å²) in [6.07, 6.45) is -3.11. The molecule has 4 N–H and O–H groups in total. The maximum absolute atomic E-state index is 13.4. The number of amides is 2. The quantitative estimate of drug-likeness (QED) is 0.177. The smallest absolute Gasteiger partial charge is 0.455 e. The third kappa shape index (κ3) is 7.95. The van der Waals surface area contributed by atoms with Crippen LogP contribution in [-0.4, -0.2) is 57.6 Å². The molecule has 1 aliphatic carbocycles. The molecule has 3 aromatic carbocycles. The number of halogens is 3. The highest BCUT2D eigenvalue weighted by atomic mass is 32.2. The van der Waals surface area contributed by atoms with Crippen molar-refractivity contribution in [3.05, 3.63) is 78.4 Å². The molecule has 1 aliphatic heterocycles. The predicted octanol–water partition coefficient (Wildman–Crippen LogP) is 4.13. The van der Waals surface area contributed by atoms with Gasteiger partial charge < -0.3 is 25.4 Å². The van der Waals surface area contributed by atoms with Gasteiger partial charge in [-0.15, -0.1) is 0 Å². The third-order valence-corrected chi connectivity index (χ3v) is 8.96. The van der Waals surface area contributed by atoms with Crippen molar-refractivity contribution in [3.63, 3.8) is 0 Å². The van der Waals surface area contributed by atoms with Gasteiger partial charge in [-0.2, -0.15) is 13.2 Å². The first-order valence-electron chi connectivity index (χ1n) is 14.5. The molecule has 1 saturated heterocycles. The second-order valence-electron chi connectivity index (χ2n) is 11.0. The lowest BCUT2D eigenvalue weighted by Crippen LogP contribution is -2.50. The minimum absolute atomic E-state index is 0.00758. The van der Waals surface area contributed by atoms with Gasteiger partial charge in [0.2, 0.25) is 5.91 Å². The Morgan fingerprint density at radius 3 is 2.26 bits per heavy atom. The summed E-state index contributed by atoms with van der Waals surface area (Å²) in [4.78, 5) is 37.4. The summed E-state index contributed by atoms with van der Waals surface area (Å²) in [5.41, 5.74) is -1.85. The van der Waals surface area contributed by atoms with E-state index in [0.717, 1.165) is 38.1 Å². The van der Waals surface area contributed by atoms with Crippen LogP contribution in [0.15, 0.2) is 77.7 Å². The highest BCUT2D eigenvalue weighted by molar-refractivity contribution is 7.92. The summed E-state index contributed by atoms with van der Waals surface area (Å²) in [6, 6.07) is 17.1. The number of piperidine rings is 1. The van der Waals surface area contributed by atoms with Crippen LogP contribution in [0.1, 0.15) is 36.0 Å². The molecule has 1 saturated carbocycles. The van der Waals surface area contributed by atoms with Crippen molar-refractivity contribution in [2.24, 2.45) is 5.92 Å². The van der Waals surface area contributed by atoms with E-state index in [-0.39, 0.29) is 30.2 Å². The zero-order valence-corrected chi connectivity index (χ0v) is 25.2. The van der Waals surface area contributed by atoms with E-state index in [1.54, 1.807) is 36.4 Å². The maximum atomic E-state index is 13.4. The monoisotopic (exact) mass is 660 g/mol. The van der Waals surface area contributed by atoms with Crippen LogP contribution < -0.4 is 30.1 Å². The Bertz CT molecular complexity index is 1710. The third-order valence-electron chi connectivity index (χ3n) is 7.59. The minimum atomic E-state index is -5.44. The van der Waals surface area contributed by atoms with E-state index in [4.69, 9.17) is 4.74 Å². The maximum Gasteiger partial charge on any atom is 0.491 e. The summed E-state index contributed by atoms with van der Waals surface area (Å²) in [5, 5.41) is 8.60. The molecule has 11 nitrogen and oxygen atoms in total. The lowest BCUT2D eigenvalue weighted by molar-refractivity contribution is -0.189. The molecule has 2 fully saturated rings. The molecule has 0 aromatic heterocycles. The van der Waals surface area contributed by atoms with Crippen LogP contribution in [0, 0.1) is 5.92 Å².